The molecule has 1 aromatic rings. The molecule has 0 bridgehead atoms. The van der Waals surface area contributed by atoms with Crippen LogP contribution in [0.15, 0.2) is 18.2 Å². The Morgan fingerprint density at radius 2 is 2.00 bits per heavy atom. The fraction of sp³-hybridized carbons (Fsp3) is 0.500. The van der Waals surface area contributed by atoms with Crippen molar-refractivity contribution in [1.29, 1.82) is 0 Å². The molecule has 0 atom stereocenters. The van der Waals surface area contributed by atoms with E-state index in [-0.39, 0.29) is 18.0 Å². The normalized spacial score (nSPS) is 12.2. The van der Waals surface area contributed by atoms with Gasteiger partial charge in [-0.25, -0.2) is 8.42 Å². The summed E-state index contributed by atoms with van der Waals surface area (Å²) in [5.74, 6) is 0.237. The monoisotopic (exact) mass is 321 g/mol. The maximum Gasteiger partial charge on any atom is 0.272 e. The third kappa shape index (κ3) is 5.34. The fourth-order valence-electron chi connectivity index (χ4n) is 1.71. The second kappa shape index (κ2) is 5.97. The summed E-state index contributed by atoms with van der Waals surface area (Å²) in [7, 11) is 1.61. The minimum atomic E-state index is -3.61. The highest BCUT2D eigenvalue weighted by atomic mass is 35.7. The molecule has 0 aliphatic heterocycles. The first-order valence-corrected chi connectivity index (χ1v) is 8.28. The van der Waals surface area contributed by atoms with Crippen LogP contribution in [0, 0.1) is 22.5 Å². The van der Waals surface area contributed by atoms with Gasteiger partial charge in [-0.1, -0.05) is 13.8 Å². The number of rotatable bonds is 6. The second-order valence-corrected chi connectivity index (χ2v) is 8.12. The molecule has 0 fully saturated rings. The van der Waals surface area contributed by atoms with Gasteiger partial charge in [-0.15, -0.1) is 0 Å². The molecule has 6 nitrogen and oxygen atoms in total. The van der Waals surface area contributed by atoms with Gasteiger partial charge in [0, 0.05) is 27.7 Å². The lowest BCUT2D eigenvalue weighted by atomic mass is 9.98. The first kappa shape index (κ1) is 16.7. The SMILES string of the molecule is Cc1cc(OCC(C)(C)CS(=O)(=O)Cl)ccc1[N+](=O)[O-]. The number of nitrogens with zero attached hydrogens (tertiary/aromatic N) is 1. The Balaban J connectivity index is 2.76. The fourth-order valence-corrected chi connectivity index (χ4v) is 3.61. The third-order valence-corrected chi connectivity index (χ3v) is 4.01. The van der Waals surface area contributed by atoms with E-state index in [2.05, 4.69) is 0 Å². The van der Waals surface area contributed by atoms with Crippen LogP contribution in [0.3, 0.4) is 0 Å². The summed E-state index contributed by atoms with van der Waals surface area (Å²) in [6.07, 6.45) is 0. The number of ether oxygens (including phenoxy) is 1. The van der Waals surface area contributed by atoms with Gasteiger partial charge in [-0.3, -0.25) is 10.1 Å². The highest BCUT2D eigenvalue weighted by Gasteiger charge is 2.26. The molecule has 0 radical (unpaired) electrons. The second-order valence-electron chi connectivity index (χ2n) is 5.34. The van der Waals surface area contributed by atoms with Gasteiger partial charge in [0.1, 0.15) is 5.75 Å². The van der Waals surface area contributed by atoms with Crippen molar-refractivity contribution in [3.8, 4) is 5.75 Å². The number of nitro benzene ring substituents is 1. The molecule has 0 amide bonds. The lowest BCUT2D eigenvalue weighted by Gasteiger charge is -2.23. The van der Waals surface area contributed by atoms with Crippen LogP contribution in [0.25, 0.3) is 0 Å². The highest BCUT2D eigenvalue weighted by Crippen LogP contribution is 2.26. The average molecular weight is 322 g/mol. The molecular weight excluding hydrogens is 306 g/mol. The van der Waals surface area contributed by atoms with Crippen molar-refractivity contribution in [3.05, 3.63) is 33.9 Å². The predicted molar refractivity (Wildman–Crippen MR) is 76.7 cm³/mol. The molecular formula is C12H16ClNO5S. The number of hydrogen-bond donors (Lipinski definition) is 0. The van der Waals surface area contributed by atoms with Crippen LogP contribution in [0.2, 0.25) is 0 Å². The molecule has 8 heteroatoms. The van der Waals surface area contributed by atoms with E-state index < -0.39 is 19.4 Å². The molecule has 0 aliphatic rings. The molecule has 0 spiro atoms. The Morgan fingerprint density at radius 3 is 2.45 bits per heavy atom. The summed E-state index contributed by atoms with van der Waals surface area (Å²) in [6.45, 7) is 5.17. The van der Waals surface area contributed by atoms with Crippen LogP contribution in [-0.4, -0.2) is 25.7 Å². The van der Waals surface area contributed by atoms with E-state index in [1.807, 2.05) is 0 Å². The van der Waals surface area contributed by atoms with Crippen molar-refractivity contribution in [2.24, 2.45) is 5.41 Å². The van der Waals surface area contributed by atoms with Crippen molar-refractivity contribution in [3.63, 3.8) is 0 Å². The molecule has 0 saturated carbocycles. The van der Waals surface area contributed by atoms with E-state index in [4.69, 9.17) is 15.4 Å². The summed E-state index contributed by atoms with van der Waals surface area (Å²) in [6, 6.07) is 4.38. The van der Waals surface area contributed by atoms with Crippen LogP contribution < -0.4 is 4.74 Å². The number of hydrogen-bond acceptors (Lipinski definition) is 5. The largest absolute Gasteiger partial charge is 0.493 e. The zero-order valence-corrected chi connectivity index (χ0v) is 13.0. The van der Waals surface area contributed by atoms with E-state index >= 15 is 0 Å². The zero-order chi connectivity index (χ0) is 15.6. The number of benzene rings is 1. The standard InChI is InChI=1S/C12H16ClNO5S/c1-9-6-10(4-5-11(9)14(15)16)19-7-12(2,3)8-20(13,17)18/h4-6H,7-8H2,1-3H3. The van der Waals surface area contributed by atoms with Gasteiger partial charge in [-0.05, 0) is 19.1 Å². The Labute approximate surface area is 122 Å². The van der Waals surface area contributed by atoms with E-state index in [1.54, 1.807) is 26.8 Å². The lowest BCUT2D eigenvalue weighted by molar-refractivity contribution is -0.385. The molecule has 0 unspecified atom stereocenters. The average Bonchev–Trinajstić information content (AvgIpc) is 2.22. The number of nitro groups is 1. The van der Waals surface area contributed by atoms with Gasteiger partial charge in [0.25, 0.3) is 5.69 Å². The summed E-state index contributed by atoms with van der Waals surface area (Å²) >= 11 is 0. The van der Waals surface area contributed by atoms with Crippen LogP contribution in [-0.2, 0) is 9.05 Å². The first-order chi connectivity index (χ1) is 9.00. The molecule has 112 valence electrons. The summed E-state index contributed by atoms with van der Waals surface area (Å²) in [5, 5.41) is 10.7. The Bertz CT molecular complexity index is 612. The van der Waals surface area contributed by atoms with Crippen LogP contribution in [0.1, 0.15) is 19.4 Å². The Morgan fingerprint density at radius 1 is 1.40 bits per heavy atom. The molecule has 0 N–H and O–H groups in total. The van der Waals surface area contributed by atoms with Gasteiger partial charge in [0.2, 0.25) is 9.05 Å². The summed E-state index contributed by atoms with van der Waals surface area (Å²) < 4.78 is 27.6. The van der Waals surface area contributed by atoms with E-state index in [0.717, 1.165) is 0 Å². The number of halogens is 1. The van der Waals surface area contributed by atoms with Gasteiger partial charge >= 0.3 is 0 Å². The topological polar surface area (TPSA) is 86.5 Å². The minimum Gasteiger partial charge on any atom is -0.493 e. The van der Waals surface area contributed by atoms with Crippen molar-refractivity contribution in [1.82, 2.24) is 0 Å². The number of aryl methyl sites for hydroxylation is 1. The molecule has 0 aliphatic carbocycles. The van der Waals surface area contributed by atoms with Crippen molar-refractivity contribution < 1.29 is 18.1 Å². The molecule has 1 aromatic carbocycles. The third-order valence-electron chi connectivity index (χ3n) is 2.56. The molecule has 1 rings (SSSR count). The molecule has 0 heterocycles. The summed E-state index contributed by atoms with van der Waals surface area (Å²) in [4.78, 5) is 10.2. The lowest BCUT2D eigenvalue weighted by Crippen LogP contribution is -2.28. The van der Waals surface area contributed by atoms with Crippen LogP contribution >= 0.6 is 10.7 Å². The quantitative estimate of drug-likeness (QED) is 0.457. The predicted octanol–water partition coefficient (Wildman–Crippen LogP) is 2.88. The molecule has 0 saturated heterocycles. The minimum absolute atomic E-state index is 0.0138. The van der Waals surface area contributed by atoms with Gasteiger partial charge in [0.15, 0.2) is 0 Å². The Kier molecular flexibility index (Phi) is 4.99. The maximum atomic E-state index is 11.1. The van der Waals surface area contributed by atoms with Gasteiger partial charge < -0.3 is 4.74 Å². The van der Waals surface area contributed by atoms with Crippen molar-refractivity contribution >= 4 is 25.4 Å². The molecule has 0 aromatic heterocycles. The maximum absolute atomic E-state index is 11.1. The van der Waals surface area contributed by atoms with E-state index in [1.165, 1.54) is 12.1 Å². The molecule has 20 heavy (non-hydrogen) atoms. The van der Waals surface area contributed by atoms with Crippen LogP contribution in [0.4, 0.5) is 5.69 Å². The Hall–Kier alpha value is -1.34. The van der Waals surface area contributed by atoms with Gasteiger partial charge in [-0.2, -0.15) is 0 Å². The van der Waals surface area contributed by atoms with E-state index in [9.17, 15) is 18.5 Å². The summed E-state index contributed by atoms with van der Waals surface area (Å²) in [5.41, 5.74) is -0.161. The van der Waals surface area contributed by atoms with Gasteiger partial charge in [0.05, 0.1) is 17.3 Å². The van der Waals surface area contributed by atoms with Crippen molar-refractivity contribution in [2.45, 2.75) is 20.8 Å². The van der Waals surface area contributed by atoms with Crippen molar-refractivity contribution in [2.75, 3.05) is 12.4 Å². The highest BCUT2D eigenvalue weighted by molar-refractivity contribution is 8.13. The first-order valence-electron chi connectivity index (χ1n) is 5.80. The van der Waals surface area contributed by atoms with Crippen LogP contribution in [0.5, 0.6) is 5.75 Å². The van der Waals surface area contributed by atoms with E-state index in [0.29, 0.717) is 11.3 Å². The zero-order valence-electron chi connectivity index (χ0n) is 11.4. The smallest absolute Gasteiger partial charge is 0.272 e.